The smallest absolute Gasteiger partial charge is 0.160 e. The normalized spacial score (nSPS) is 10.3. The molecular formula is C9H12N6. The van der Waals surface area contributed by atoms with Gasteiger partial charge in [0.2, 0.25) is 0 Å². The van der Waals surface area contributed by atoms with Gasteiger partial charge in [0.15, 0.2) is 5.82 Å². The average Bonchev–Trinajstić information content (AvgIpc) is 2.58. The maximum Gasteiger partial charge on any atom is 0.160 e. The van der Waals surface area contributed by atoms with Crippen LogP contribution in [0.4, 0.5) is 5.82 Å². The van der Waals surface area contributed by atoms with Crippen molar-refractivity contribution in [2.75, 3.05) is 12.4 Å². The molecule has 0 saturated carbocycles. The van der Waals surface area contributed by atoms with Crippen molar-refractivity contribution in [3.8, 4) is 5.82 Å². The van der Waals surface area contributed by atoms with E-state index in [2.05, 4.69) is 25.4 Å². The lowest BCUT2D eigenvalue weighted by molar-refractivity contribution is 0.799. The Morgan fingerprint density at radius 1 is 1.27 bits per heavy atom. The Hall–Kier alpha value is -1.98. The van der Waals surface area contributed by atoms with Crippen molar-refractivity contribution in [3.05, 3.63) is 24.0 Å². The van der Waals surface area contributed by atoms with Crippen molar-refractivity contribution in [2.24, 2.45) is 0 Å². The molecule has 0 unspecified atom stereocenters. The first-order chi connectivity index (χ1) is 7.20. The fraction of sp³-hybridized carbons (Fsp3) is 0.333. The van der Waals surface area contributed by atoms with E-state index in [9.17, 15) is 0 Å². The molecule has 2 aromatic heterocycles. The first-order valence-corrected chi connectivity index (χ1v) is 4.61. The summed E-state index contributed by atoms with van der Waals surface area (Å²) < 4.78 is 1.69. The number of aryl methyl sites for hydroxylation is 2. The van der Waals surface area contributed by atoms with Gasteiger partial charge in [-0.2, -0.15) is 4.68 Å². The van der Waals surface area contributed by atoms with Crippen LogP contribution in [-0.2, 0) is 0 Å². The second-order valence-corrected chi connectivity index (χ2v) is 3.13. The molecule has 2 rings (SSSR count). The molecule has 0 aliphatic rings. The predicted octanol–water partition coefficient (Wildman–Crippen LogP) is 0.716. The SMILES string of the molecule is CNc1cc(-n2nc(C)nc2C)ncn1. The van der Waals surface area contributed by atoms with Crippen LogP contribution in [0.5, 0.6) is 0 Å². The minimum absolute atomic E-state index is 0.715. The van der Waals surface area contributed by atoms with Gasteiger partial charge >= 0.3 is 0 Å². The molecule has 0 spiro atoms. The van der Waals surface area contributed by atoms with Crippen molar-refractivity contribution >= 4 is 5.82 Å². The maximum absolute atomic E-state index is 4.24. The van der Waals surface area contributed by atoms with Crippen molar-refractivity contribution in [2.45, 2.75) is 13.8 Å². The Labute approximate surface area is 87.4 Å². The summed E-state index contributed by atoms with van der Waals surface area (Å²) in [5.74, 6) is 3.02. The molecule has 0 aromatic carbocycles. The Bertz CT molecular complexity index is 475. The van der Waals surface area contributed by atoms with E-state index < -0.39 is 0 Å². The first kappa shape index (κ1) is 9.57. The second kappa shape index (κ2) is 3.64. The third-order valence-electron chi connectivity index (χ3n) is 2.00. The molecule has 0 aliphatic carbocycles. The molecule has 0 saturated heterocycles. The average molecular weight is 204 g/mol. The summed E-state index contributed by atoms with van der Waals surface area (Å²) in [6.07, 6.45) is 1.50. The highest BCUT2D eigenvalue weighted by atomic mass is 15.4. The molecule has 1 N–H and O–H groups in total. The minimum atomic E-state index is 0.715. The van der Waals surface area contributed by atoms with Gasteiger partial charge in [-0.3, -0.25) is 0 Å². The monoisotopic (exact) mass is 204 g/mol. The van der Waals surface area contributed by atoms with Crippen LogP contribution in [0.2, 0.25) is 0 Å². The fourth-order valence-corrected chi connectivity index (χ4v) is 1.34. The van der Waals surface area contributed by atoms with E-state index in [1.54, 1.807) is 4.68 Å². The van der Waals surface area contributed by atoms with Crippen LogP contribution in [0, 0.1) is 13.8 Å². The number of rotatable bonds is 2. The van der Waals surface area contributed by atoms with Gasteiger partial charge in [-0.1, -0.05) is 0 Å². The molecule has 2 aromatic rings. The van der Waals surface area contributed by atoms with Crippen LogP contribution in [0.25, 0.3) is 5.82 Å². The molecule has 0 atom stereocenters. The van der Waals surface area contributed by atoms with Gasteiger partial charge in [0.1, 0.15) is 23.8 Å². The maximum atomic E-state index is 4.24. The zero-order chi connectivity index (χ0) is 10.8. The molecule has 15 heavy (non-hydrogen) atoms. The summed E-state index contributed by atoms with van der Waals surface area (Å²) in [7, 11) is 1.81. The van der Waals surface area contributed by atoms with E-state index in [4.69, 9.17) is 0 Å². The van der Waals surface area contributed by atoms with Crippen LogP contribution in [0.15, 0.2) is 12.4 Å². The first-order valence-electron chi connectivity index (χ1n) is 4.61. The second-order valence-electron chi connectivity index (χ2n) is 3.13. The van der Waals surface area contributed by atoms with E-state index in [-0.39, 0.29) is 0 Å². The lowest BCUT2D eigenvalue weighted by atomic mass is 10.5. The molecule has 6 heteroatoms. The van der Waals surface area contributed by atoms with E-state index in [0.717, 1.165) is 17.5 Å². The summed E-state index contributed by atoms with van der Waals surface area (Å²) in [4.78, 5) is 12.4. The summed E-state index contributed by atoms with van der Waals surface area (Å²) >= 11 is 0. The summed E-state index contributed by atoms with van der Waals surface area (Å²) in [6.45, 7) is 3.74. The van der Waals surface area contributed by atoms with Crippen molar-refractivity contribution in [1.82, 2.24) is 24.7 Å². The molecule has 0 aliphatic heterocycles. The minimum Gasteiger partial charge on any atom is -0.373 e. The Morgan fingerprint density at radius 3 is 2.67 bits per heavy atom. The fourth-order valence-electron chi connectivity index (χ4n) is 1.34. The number of nitrogens with one attached hydrogen (secondary N) is 1. The molecular weight excluding hydrogens is 192 g/mol. The summed E-state index contributed by atoms with van der Waals surface area (Å²) in [5, 5.41) is 7.19. The number of hydrogen-bond donors (Lipinski definition) is 1. The number of anilines is 1. The van der Waals surface area contributed by atoms with Crippen LogP contribution < -0.4 is 5.32 Å². The largest absolute Gasteiger partial charge is 0.373 e. The quantitative estimate of drug-likeness (QED) is 0.780. The number of hydrogen-bond acceptors (Lipinski definition) is 5. The van der Waals surface area contributed by atoms with Crippen molar-refractivity contribution in [3.63, 3.8) is 0 Å². The zero-order valence-electron chi connectivity index (χ0n) is 8.89. The number of aromatic nitrogens is 5. The van der Waals surface area contributed by atoms with Gasteiger partial charge in [-0.05, 0) is 13.8 Å². The summed E-state index contributed by atoms with van der Waals surface area (Å²) in [6, 6.07) is 1.82. The molecule has 0 fully saturated rings. The molecule has 0 radical (unpaired) electrons. The highest BCUT2D eigenvalue weighted by Crippen LogP contribution is 2.09. The van der Waals surface area contributed by atoms with Crippen molar-refractivity contribution in [1.29, 1.82) is 0 Å². The van der Waals surface area contributed by atoms with Gasteiger partial charge in [-0.15, -0.1) is 5.10 Å². The molecule has 0 amide bonds. The molecule has 6 nitrogen and oxygen atoms in total. The standard InChI is InChI=1S/C9H12N6/c1-6-13-7(2)15(14-6)9-4-8(10-3)11-5-12-9/h4-5H,1-3H3,(H,10,11,12). The topological polar surface area (TPSA) is 68.5 Å². The van der Waals surface area contributed by atoms with Crippen LogP contribution >= 0.6 is 0 Å². The zero-order valence-corrected chi connectivity index (χ0v) is 8.89. The highest BCUT2D eigenvalue weighted by Gasteiger charge is 2.06. The molecule has 2 heterocycles. The van der Waals surface area contributed by atoms with E-state index in [1.807, 2.05) is 27.0 Å². The lowest BCUT2D eigenvalue weighted by Crippen LogP contribution is -2.04. The highest BCUT2D eigenvalue weighted by molar-refractivity contribution is 5.39. The van der Waals surface area contributed by atoms with E-state index >= 15 is 0 Å². The van der Waals surface area contributed by atoms with Gasteiger partial charge in [0.05, 0.1) is 0 Å². The lowest BCUT2D eigenvalue weighted by Gasteiger charge is -2.03. The molecule has 0 bridgehead atoms. The number of nitrogens with zero attached hydrogens (tertiary/aromatic N) is 5. The van der Waals surface area contributed by atoms with Gasteiger partial charge < -0.3 is 5.32 Å². The van der Waals surface area contributed by atoms with E-state index in [1.165, 1.54) is 6.33 Å². The third kappa shape index (κ3) is 1.78. The Kier molecular flexibility index (Phi) is 2.32. The van der Waals surface area contributed by atoms with Gasteiger partial charge in [0.25, 0.3) is 0 Å². The Balaban J connectivity index is 2.49. The van der Waals surface area contributed by atoms with E-state index in [0.29, 0.717) is 5.82 Å². The summed E-state index contributed by atoms with van der Waals surface area (Å²) in [5.41, 5.74) is 0. The predicted molar refractivity (Wildman–Crippen MR) is 56.0 cm³/mol. The van der Waals surface area contributed by atoms with Gasteiger partial charge in [0, 0.05) is 13.1 Å². The van der Waals surface area contributed by atoms with Crippen LogP contribution in [0.1, 0.15) is 11.6 Å². The Morgan fingerprint density at radius 2 is 2.07 bits per heavy atom. The van der Waals surface area contributed by atoms with Crippen LogP contribution in [0.3, 0.4) is 0 Å². The van der Waals surface area contributed by atoms with Crippen LogP contribution in [-0.4, -0.2) is 31.8 Å². The molecule has 78 valence electrons. The van der Waals surface area contributed by atoms with Gasteiger partial charge in [-0.25, -0.2) is 15.0 Å². The van der Waals surface area contributed by atoms with Crippen molar-refractivity contribution < 1.29 is 0 Å². The third-order valence-corrected chi connectivity index (χ3v) is 2.00.